The summed E-state index contributed by atoms with van der Waals surface area (Å²) in [5, 5.41) is 8.03. The van der Waals surface area contributed by atoms with Gasteiger partial charge in [0.05, 0.1) is 12.8 Å². The molecule has 0 unspecified atom stereocenters. The van der Waals surface area contributed by atoms with Crippen LogP contribution in [0.15, 0.2) is 36.5 Å². The number of benzene rings is 1. The Kier molecular flexibility index (Phi) is 4.79. The standard InChI is InChI=1S/C16H23N3O/c1-12(2)19-9-8-15(18-19)11-17-13(3)14-6-5-7-16(10-14)20-4/h5-10,12-13,17H,11H2,1-4H3/t13-/m1/s1. The number of hydrogen-bond acceptors (Lipinski definition) is 3. The van der Waals surface area contributed by atoms with Gasteiger partial charge in [0.25, 0.3) is 0 Å². The summed E-state index contributed by atoms with van der Waals surface area (Å²) in [5.74, 6) is 0.889. The lowest BCUT2D eigenvalue weighted by Gasteiger charge is -2.14. The van der Waals surface area contributed by atoms with E-state index in [1.54, 1.807) is 7.11 Å². The molecule has 0 saturated carbocycles. The van der Waals surface area contributed by atoms with Crippen molar-refractivity contribution in [1.29, 1.82) is 0 Å². The summed E-state index contributed by atoms with van der Waals surface area (Å²) in [4.78, 5) is 0. The molecule has 1 N–H and O–H groups in total. The molecule has 0 saturated heterocycles. The van der Waals surface area contributed by atoms with Crippen molar-refractivity contribution in [3.63, 3.8) is 0 Å². The van der Waals surface area contributed by atoms with E-state index in [0.717, 1.165) is 18.0 Å². The van der Waals surface area contributed by atoms with Crippen molar-refractivity contribution in [2.24, 2.45) is 0 Å². The molecule has 0 radical (unpaired) electrons. The fourth-order valence-electron chi connectivity index (χ4n) is 2.05. The van der Waals surface area contributed by atoms with E-state index in [-0.39, 0.29) is 6.04 Å². The van der Waals surface area contributed by atoms with Crippen LogP contribution in [0.2, 0.25) is 0 Å². The topological polar surface area (TPSA) is 39.1 Å². The van der Waals surface area contributed by atoms with Crippen LogP contribution in [0.3, 0.4) is 0 Å². The SMILES string of the molecule is COc1cccc([C@@H](C)NCc2ccn(C(C)C)n2)c1. The molecule has 2 aromatic rings. The van der Waals surface area contributed by atoms with Crippen molar-refractivity contribution in [2.75, 3.05) is 7.11 Å². The molecule has 0 spiro atoms. The van der Waals surface area contributed by atoms with E-state index >= 15 is 0 Å². The highest BCUT2D eigenvalue weighted by Gasteiger charge is 2.07. The summed E-state index contributed by atoms with van der Waals surface area (Å²) >= 11 is 0. The molecule has 4 heteroatoms. The minimum Gasteiger partial charge on any atom is -0.497 e. The Morgan fingerprint density at radius 1 is 1.25 bits per heavy atom. The van der Waals surface area contributed by atoms with Crippen LogP contribution in [0.4, 0.5) is 0 Å². The summed E-state index contributed by atoms with van der Waals surface area (Å²) in [7, 11) is 1.69. The van der Waals surface area contributed by atoms with Crippen LogP contribution in [0.1, 0.15) is 44.1 Å². The predicted octanol–water partition coefficient (Wildman–Crippen LogP) is 3.32. The van der Waals surface area contributed by atoms with Gasteiger partial charge in [0.1, 0.15) is 5.75 Å². The number of hydrogen-bond donors (Lipinski definition) is 1. The minimum atomic E-state index is 0.259. The van der Waals surface area contributed by atoms with E-state index in [2.05, 4.69) is 49.4 Å². The Bertz CT molecular complexity index is 548. The lowest BCUT2D eigenvalue weighted by Crippen LogP contribution is -2.18. The van der Waals surface area contributed by atoms with Crippen LogP contribution >= 0.6 is 0 Å². The molecule has 0 aliphatic carbocycles. The van der Waals surface area contributed by atoms with Crippen molar-refractivity contribution in [1.82, 2.24) is 15.1 Å². The Morgan fingerprint density at radius 3 is 2.70 bits per heavy atom. The third-order valence-electron chi connectivity index (χ3n) is 3.38. The highest BCUT2D eigenvalue weighted by Crippen LogP contribution is 2.19. The van der Waals surface area contributed by atoms with Gasteiger partial charge in [0, 0.05) is 24.8 Å². The number of methoxy groups -OCH3 is 1. The molecule has 0 fully saturated rings. The van der Waals surface area contributed by atoms with E-state index in [9.17, 15) is 0 Å². The number of nitrogens with zero attached hydrogens (tertiary/aromatic N) is 2. The van der Waals surface area contributed by atoms with Crippen LogP contribution in [-0.2, 0) is 6.54 Å². The number of nitrogens with one attached hydrogen (secondary N) is 1. The molecule has 108 valence electrons. The number of rotatable bonds is 6. The summed E-state index contributed by atoms with van der Waals surface area (Å²) < 4.78 is 7.23. The van der Waals surface area contributed by atoms with Gasteiger partial charge in [0.15, 0.2) is 0 Å². The lowest BCUT2D eigenvalue weighted by atomic mass is 10.1. The first-order valence-electron chi connectivity index (χ1n) is 7.01. The average molecular weight is 273 g/mol. The molecule has 1 heterocycles. The molecule has 2 rings (SSSR count). The molecule has 4 nitrogen and oxygen atoms in total. The van der Waals surface area contributed by atoms with E-state index < -0.39 is 0 Å². The first kappa shape index (κ1) is 14.6. The zero-order chi connectivity index (χ0) is 14.5. The van der Waals surface area contributed by atoms with Crippen LogP contribution in [-0.4, -0.2) is 16.9 Å². The maximum atomic E-state index is 5.25. The Morgan fingerprint density at radius 2 is 2.05 bits per heavy atom. The van der Waals surface area contributed by atoms with Crippen LogP contribution in [0.25, 0.3) is 0 Å². The van der Waals surface area contributed by atoms with E-state index in [1.807, 2.05) is 23.0 Å². The summed E-state index contributed by atoms with van der Waals surface area (Å²) in [6.07, 6.45) is 2.03. The fourth-order valence-corrected chi connectivity index (χ4v) is 2.05. The Labute approximate surface area is 120 Å². The monoisotopic (exact) mass is 273 g/mol. The van der Waals surface area contributed by atoms with Crippen molar-refractivity contribution >= 4 is 0 Å². The molecule has 0 aliphatic heterocycles. The highest BCUT2D eigenvalue weighted by molar-refractivity contribution is 5.30. The maximum absolute atomic E-state index is 5.25. The van der Waals surface area contributed by atoms with Gasteiger partial charge >= 0.3 is 0 Å². The van der Waals surface area contributed by atoms with Crippen molar-refractivity contribution in [3.8, 4) is 5.75 Å². The van der Waals surface area contributed by atoms with E-state index in [4.69, 9.17) is 4.74 Å². The van der Waals surface area contributed by atoms with Gasteiger partial charge in [-0.05, 0) is 44.5 Å². The highest BCUT2D eigenvalue weighted by atomic mass is 16.5. The second-order valence-corrected chi connectivity index (χ2v) is 5.26. The van der Waals surface area contributed by atoms with Crippen molar-refractivity contribution < 1.29 is 4.74 Å². The molecular formula is C16H23N3O. The summed E-state index contributed by atoms with van der Waals surface area (Å²) in [6, 6.07) is 10.9. The third-order valence-corrected chi connectivity index (χ3v) is 3.38. The normalized spacial score (nSPS) is 12.7. The fraction of sp³-hybridized carbons (Fsp3) is 0.438. The van der Waals surface area contributed by atoms with E-state index in [0.29, 0.717) is 6.04 Å². The van der Waals surface area contributed by atoms with E-state index in [1.165, 1.54) is 5.56 Å². The third kappa shape index (κ3) is 3.61. The number of ether oxygens (including phenoxy) is 1. The van der Waals surface area contributed by atoms with Crippen LogP contribution < -0.4 is 10.1 Å². The lowest BCUT2D eigenvalue weighted by molar-refractivity contribution is 0.413. The Balaban J connectivity index is 1.95. The second kappa shape index (κ2) is 6.57. The maximum Gasteiger partial charge on any atom is 0.119 e. The van der Waals surface area contributed by atoms with Crippen LogP contribution in [0, 0.1) is 0 Å². The molecule has 0 aliphatic rings. The number of aromatic nitrogens is 2. The molecule has 1 aromatic heterocycles. The van der Waals surface area contributed by atoms with Gasteiger partial charge in [-0.15, -0.1) is 0 Å². The largest absolute Gasteiger partial charge is 0.497 e. The predicted molar refractivity (Wildman–Crippen MR) is 80.9 cm³/mol. The van der Waals surface area contributed by atoms with Gasteiger partial charge in [0.2, 0.25) is 0 Å². The molecule has 0 bridgehead atoms. The molecular weight excluding hydrogens is 250 g/mol. The zero-order valence-corrected chi connectivity index (χ0v) is 12.6. The van der Waals surface area contributed by atoms with Crippen LogP contribution in [0.5, 0.6) is 5.75 Å². The van der Waals surface area contributed by atoms with Gasteiger partial charge in [-0.1, -0.05) is 12.1 Å². The average Bonchev–Trinajstić information content (AvgIpc) is 2.94. The molecule has 1 aromatic carbocycles. The minimum absolute atomic E-state index is 0.259. The van der Waals surface area contributed by atoms with Crippen molar-refractivity contribution in [2.45, 2.75) is 39.4 Å². The zero-order valence-electron chi connectivity index (χ0n) is 12.6. The summed E-state index contributed by atoms with van der Waals surface area (Å²) in [6.45, 7) is 7.17. The van der Waals surface area contributed by atoms with Gasteiger partial charge in [-0.2, -0.15) is 5.10 Å². The quantitative estimate of drug-likeness (QED) is 0.877. The van der Waals surface area contributed by atoms with Gasteiger partial charge < -0.3 is 10.1 Å². The van der Waals surface area contributed by atoms with Gasteiger partial charge in [-0.3, -0.25) is 4.68 Å². The first-order chi connectivity index (χ1) is 9.60. The molecule has 20 heavy (non-hydrogen) atoms. The van der Waals surface area contributed by atoms with Gasteiger partial charge in [-0.25, -0.2) is 0 Å². The molecule has 0 amide bonds. The summed E-state index contributed by atoms with van der Waals surface area (Å²) in [5.41, 5.74) is 2.28. The molecule has 1 atom stereocenters. The smallest absolute Gasteiger partial charge is 0.119 e. The second-order valence-electron chi connectivity index (χ2n) is 5.26. The first-order valence-corrected chi connectivity index (χ1v) is 7.01. The Hall–Kier alpha value is -1.81. The van der Waals surface area contributed by atoms with Crippen molar-refractivity contribution in [3.05, 3.63) is 47.8 Å².